The van der Waals surface area contributed by atoms with Crippen LogP contribution < -0.4 is 5.32 Å². The molecule has 0 amide bonds. The molecule has 23 heavy (non-hydrogen) atoms. The van der Waals surface area contributed by atoms with Crippen LogP contribution in [0.15, 0.2) is 52.9 Å². The summed E-state index contributed by atoms with van der Waals surface area (Å²) in [5.74, 6) is 0. The molecule has 3 aromatic rings. The molecule has 120 valence electrons. The number of nitrogens with zero attached hydrogens (tertiary/aromatic N) is 1. The Morgan fingerprint density at radius 3 is 2.52 bits per heavy atom. The minimum atomic E-state index is -4.52. The number of hydrogen-bond acceptors (Lipinski definition) is 4. The number of hydrogen-bond donors (Lipinski definition) is 2. The van der Waals surface area contributed by atoms with Crippen LogP contribution in [0.1, 0.15) is 17.2 Å². The fourth-order valence-corrected chi connectivity index (χ4v) is 2.29. The molecule has 1 heterocycles. The summed E-state index contributed by atoms with van der Waals surface area (Å²) in [4.78, 5) is 4.14. The van der Waals surface area contributed by atoms with Crippen molar-refractivity contribution in [3.8, 4) is 0 Å². The van der Waals surface area contributed by atoms with Crippen molar-refractivity contribution in [1.82, 2.24) is 4.98 Å². The van der Waals surface area contributed by atoms with Crippen LogP contribution in [0.2, 0.25) is 0 Å². The third-order valence-corrected chi connectivity index (χ3v) is 3.37. The summed E-state index contributed by atoms with van der Waals surface area (Å²) in [6, 6.07) is 12.1. The number of alkyl halides is 3. The molecule has 4 nitrogen and oxygen atoms in total. The third kappa shape index (κ3) is 3.29. The van der Waals surface area contributed by atoms with Crippen molar-refractivity contribution >= 4 is 17.1 Å². The molecular weight excluding hydrogens is 309 g/mol. The van der Waals surface area contributed by atoms with E-state index in [2.05, 4.69) is 10.3 Å². The number of fused-ring (bicyclic) bond motifs is 1. The van der Waals surface area contributed by atoms with Gasteiger partial charge >= 0.3 is 6.18 Å². The number of halogens is 3. The highest BCUT2D eigenvalue weighted by Gasteiger charge is 2.34. The van der Waals surface area contributed by atoms with Crippen LogP contribution in [0.5, 0.6) is 0 Å². The van der Waals surface area contributed by atoms with E-state index in [0.717, 1.165) is 6.07 Å². The Labute approximate surface area is 129 Å². The Morgan fingerprint density at radius 1 is 1.09 bits per heavy atom. The summed E-state index contributed by atoms with van der Waals surface area (Å²) < 4.78 is 44.2. The summed E-state index contributed by atoms with van der Waals surface area (Å²) in [5, 5.41) is 12.8. The molecule has 0 radical (unpaired) electrons. The number of para-hydroxylation sites is 2. The van der Waals surface area contributed by atoms with Gasteiger partial charge in [0, 0.05) is 6.54 Å². The fourth-order valence-electron chi connectivity index (χ4n) is 2.29. The lowest BCUT2D eigenvalue weighted by atomic mass is 10.0. The van der Waals surface area contributed by atoms with Crippen LogP contribution in [0.25, 0.3) is 11.1 Å². The molecule has 0 unspecified atom stereocenters. The van der Waals surface area contributed by atoms with Gasteiger partial charge in [-0.1, -0.05) is 30.3 Å². The van der Waals surface area contributed by atoms with Crippen molar-refractivity contribution in [1.29, 1.82) is 0 Å². The molecule has 2 aromatic carbocycles. The Bertz CT molecular complexity index is 781. The average Bonchev–Trinajstić information content (AvgIpc) is 2.94. The first-order valence-corrected chi connectivity index (χ1v) is 6.89. The highest BCUT2D eigenvalue weighted by Crippen LogP contribution is 2.34. The van der Waals surface area contributed by atoms with Crippen LogP contribution >= 0.6 is 0 Å². The summed E-state index contributed by atoms with van der Waals surface area (Å²) >= 11 is 0. The molecule has 0 bridgehead atoms. The number of nitrogens with one attached hydrogen (secondary N) is 1. The second-order valence-corrected chi connectivity index (χ2v) is 4.97. The zero-order chi connectivity index (χ0) is 16.4. The van der Waals surface area contributed by atoms with Crippen molar-refractivity contribution in [3.05, 3.63) is 59.7 Å². The SMILES string of the molecule is O[C@@H](CNc1nc2ccccc2o1)c1ccccc1C(F)(F)F. The first-order valence-electron chi connectivity index (χ1n) is 6.89. The van der Waals surface area contributed by atoms with E-state index in [1.165, 1.54) is 18.2 Å². The molecule has 7 heteroatoms. The largest absolute Gasteiger partial charge is 0.424 e. The molecule has 0 spiro atoms. The van der Waals surface area contributed by atoms with Gasteiger partial charge in [-0.25, -0.2) is 0 Å². The van der Waals surface area contributed by atoms with Gasteiger partial charge in [0.1, 0.15) is 5.52 Å². The molecule has 1 atom stereocenters. The standard InChI is InChI=1S/C16H13F3N2O2/c17-16(18,19)11-6-2-1-5-10(11)13(22)9-20-15-21-12-7-3-4-8-14(12)23-15/h1-8,13,22H,9H2,(H,20,21)/t13-/m0/s1. The van der Waals surface area contributed by atoms with Gasteiger partial charge in [-0.05, 0) is 23.8 Å². The topological polar surface area (TPSA) is 58.3 Å². The lowest BCUT2D eigenvalue weighted by Crippen LogP contribution is -2.17. The molecule has 0 aliphatic heterocycles. The molecule has 0 fully saturated rings. The summed E-state index contributed by atoms with van der Waals surface area (Å²) in [6.07, 6.45) is -5.86. The fraction of sp³-hybridized carbons (Fsp3) is 0.188. The zero-order valence-corrected chi connectivity index (χ0v) is 11.8. The molecule has 0 saturated carbocycles. The van der Waals surface area contributed by atoms with Crippen molar-refractivity contribution in [2.24, 2.45) is 0 Å². The number of benzene rings is 2. The number of aromatic nitrogens is 1. The predicted molar refractivity (Wildman–Crippen MR) is 78.9 cm³/mol. The molecule has 2 N–H and O–H groups in total. The van der Waals surface area contributed by atoms with E-state index < -0.39 is 17.8 Å². The third-order valence-electron chi connectivity index (χ3n) is 3.37. The summed E-state index contributed by atoms with van der Waals surface area (Å²) in [5.41, 5.74) is 0.135. The van der Waals surface area contributed by atoms with Crippen molar-refractivity contribution < 1.29 is 22.7 Å². The van der Waals surface area contributed by atoms with Crippen molar-refractivity contribution in [2.75, 3.05) is 11.9 Å². The zero-order valence-electron chi connectivity index (χ0n) is 11.8. The predicted octanol–water partition coefficient (Wildman–Crippen LogP) is 3.99. The van der Waals surface area contributed by atoms with E-state index in [1.807, 2.05) is 0 Å². The van der Waals surface area contributed by atoms with Crippen molar-refractivity contribution in [2.45, 2.75) is 12.3 Å². The van der Waals surface area contributed by atoms with Gasteiger partial charge in [-0.15, -0.1) is 0 Å². The molecule has 1 aromatic heterocycles. The number of anilines is 1. The van der Waals surface area contributed by atoms with Gasteiger partial charge in [-0.2, -0.15) is 18.2 Å². The normalized spacial score (nSPS) is 13.2. The molecule has 0 saturated heterocycles. The molecule has 0 aliphatic carbocycles. The van der Waals surface area contributed by atoms with Gasteiger partial charge in [0.15, 0.2) is 5.58 Å². The molecule has 3 rings (SSSR count). The van der Waals surface area contributed by atoms with Gasteiger partial charge in [0.25, 0.3) is 6.01 Å². The van der Waals surface area contributed by atoms with E-state index >= 15 is 0 Å². The second-order valence-electron chi connectivity index (χ2n) is 4.97. The highest BCUT2D eigenvalue weighted by atomic mass is 19.4. The maximum absolute atomic E-state index is 12.9. The first kappa shape index (κ1) is 15.4. The van der Waals surface area contributed by atoms with Gasteiger partial charge < -0.3 is 14.8 Å². The Hall–Kier alpha value is -2.54. The molecule has 0 aliphatic rings. The molecular formula is C16H13F3N2O2. The second kappa shape index (κ2) is 5.92. The van der Waals surface area contributed by atoms with Crippen LogP contribution in [0.3, 0.4) is 0 Å². The number of aliphatic hydroxyl groups excluding tert-OH is 1. The maximum atomic E-state index is 12.9. The van der Waals surface area contributed by atoms with Crippen LogP contribution in [-0.4, -0.2) is 16.6 Å². The van der Waals surface area contributed by atoms with Gasteiger partial charge in [-0.3, -0.25) is 0 Å². The highest BCUT2D eigenvalue weighted by molar-refractivity contribution is 5.74. The van der Waals surface area contributed by atoms with E-state index in [4.69, 9.17) is 4.42 Å². The number of oxazole rings is 1. The Balaban J connectivity index is 1.76. The monoisotopic (exact) mass is 322 g/mol. The van der Waals surface area contributed by atoms with Crippen LogP contribution in [-0.2, 0) is 6.18 Å². The Kier molecular flexibility index (Phi) is 3.96. The Morgan fingerprint density at radius 2 is 1.78 bits per heavy atom. The van der Waals surface area contributed by atoms with E-state index in [-0.39, 0.29) is 18.1 Å². The smallest absolute Gasteiger partial charge is 0.416 e. The number of aliphatic hydroxyl groups is 1. The maximum Gasteiger partial charge on any atom is 0.416 e. The van der Waals surface area contributed by atoms with Gasteiger partial charge in [0.2, 0.25) is 0 Å². The number of rotatable bonds is 4. The summed E-state index contributed by atoms with van der Waals surface area (Å²) in [7, 11) is 0. The van der Waals surface area contributed by atoms with E-state index in [0.29, 0.717) is 11.1 Å². The quantitative estimate of drug-likeness (QED) is 0.762. The lowest BCUT2D eigenvalue weighted by molar-refractivity contribution is -0.139. The van der Waals surface area contributed by atoms with E-state index in [1.54, 1.807) is 24.3 Å². The first-order chi connectivity index (χ1) is 10.9. The lowest BCUT2D eigenvalue weighted by Gasteiger charge is -2.17. The van der Waals surface area contributed by atoms with Crippen molar-refractivity contribution in [3.63, 3.8) is 0 Å². The summed E-state index contributed by atoms with van der Waals surface area (Å²) in [6.45, 7) is -0.153. The van der Waals surface area contributed by atoms with Crippen LogP contribution in [0, 0.1) is 0 Å². The average molecular weight is 322 g/mol. The van der Waals surface area contributed by atoms with Gasteiger partial charge in [0.05, 0.1) is 11.7 Å². The minimum absolute atomic E-state index is 0.148. The minimum Gasteiger partial charge on any atom is -0.424 e. The van der Waals surface area contributed by atoms with E-state index in [9.17, 15) is 18.3 Å². The van der Waals surface area contributed by atoms with Crippen LogP contribution in [0.4, 0.5) is 19.2 Å².